The Morgan fingerprint density at radius 1 is 1.33 bits per heavy atom. The Morgan fingerprint density at radius 2 is 2.10 bits per heavy atom. The summed E-state index contributed by atoms with van der Waals surface area (Å²) >= 11 is 0. The van der Waals surface area contributed by atoms with E-state index in [0.717, 1.165) is 17.9 Å². The Balaban J connectivity index is 2.09. The number of hydrogen-bond acceptors (Lipinski definition) is 4. The summed E-state index contributed by atoms with van der Waals surface area (Å²) in [6.45, 7) is 7.29. The molecule has 1 N–H and O–H groups in total. The maximum absolute atomic E-state index is 12.1. The van der Waals surface area contributed by atoms with E-state index >= 15 is 0 Å². The van der Waals surface area contributed by atoms with Gasteiger partial charge in [0.1, 0.15) is 22.8 Å². The molecule has 1 spiro atoms. The van der Waals surface area contributed by atoms with Crippen LogP contribution in [0.15, 0.2) is 41.4 Å². The van der Waals surface area contributed by atoms with Gasteiger partial charge in [0.15, 0.2) is 5.78 Å². The van der Waals surface area contributed by atoms with Gasteiger partial charge in [-0.15, -0.1) is 0 Å². The van der Waals surface area contributed by atoms with Gasteiger partial charge in [-0.05, 0) is 44.9 Å². The van der Waals surface area contributed by atoms with Crippen molar-refractivity contribution in [3.63, 3.8) is 0 Å². The van der Waals surface area contributed by atoms with Crippen molar-refractivity contribution in [2.45, 2.75) is 39.8 Å². The van der Waals surface area contributed by atoms with Crippen LogP contribution in [0.1, 0.15) is 33.3 Å². The number of hydrogen-bond donors (Lipinski definition) is 1. The third-order valence-electron chi connectivity index (χ3n) is 3.84. The topological polar surface area (TPSA) is 47.6 Å². The molecular weight excluding hydrogens is 266 g/mol. The Labute approximate surface area is 124 Å². The minimum atomic E-state index is -0.951. The normalized spacial score (nSPS) is 23.1. The van der Waals surface area contributed by atoms with Gasteiger partial charge in [-0.2, -0.15) is 0 Å². The summed E-state index contributed by atoms with van der Waals surface area (Å²) in [7, 11) is 0. The van der Waals surface area contributed by atoms with E-state index in [0.29, 0.717) is 17.1 Å². The van der Waals surface area contributed by atoms with Crippen LogP contribution in [-0.4, -0.2) is 11.5 Å². The van der Waals surface area contributed by atoms with Crippen molar-refractivity contribution in [2.75, 3.05) is 5.32 Å². The van der Waals surface area contributed by atoms with Crippen LogP contribution in [-0.2, 0) is 16.0 Å². The van der Waals surface area contributed by atoms with Crippen LogP contribution >= 0.6 is 0 Å². The van der Waals surface area contributed by atoms with E-state index in [1.165, 1.54) is 12.5 Å². The van der Waals surface area contributed by atoms with Crippen LogP contribution in [0, 0.1) is 0 Å². The zero-order valence-corrected chi connectivity index (χ0v) is 12.7. The number of aryl methyl sites for hydroxylation is 1. The average molecular weight is 285 g/mol. The monoisotopic (exact) mass is 285 g/mol. The largest absolute Gasteiger partial charge is 0.466 e. The lowest BCUT2D eigenvalue weighted by Crippen LogP contribution is -2.45. The maximum Gasteiger partial charge on any atom is 0.237 e. The molecule has 2 heterocycles. The molecule has 0 aliphatic carbocycles. The second-order valence-electron chi connectivity index (χ2n) is 5.49. The first-order valence-corrected chi connectivity index (χ1v) is 7.15. The van der Waals surface area contributed by atoms with Crippen molar-refractivity contribution < 1.29 is 14.3 Å². The summed E-state index contributed by atoms with van der Waals surface area (Å²) in [5.41, 5.74) is 1.70. The lowest BCUT2D eigenvalue weighted by atomic mass is 9.95. The number of Topliss-reactive ketones (excluding diaryl/α,β-unsaturated/α-hetero) is 1. The van der Waals surface area contributed by atoms with Gasteiger partial charge in [0, 0.05) is 6.08 Å². The van der Waals surface area contributed by atoms with Crippen molar-refractivity contribution in [2.24, 2.45) is 0 Å². The van der Waals surface area contributed by atoms with Gasteiger partial charge in [-0.1, -0.05) is 13.0 Å². The maximum atomic E-state index is 12.1. The number of fused-ring (bicyclic) bond motifs is 1. The molecule has 0 saturated heterocycles. The fraction of sp³-hybridized carbons (Fsp3) is 0.353. The Morgan fingerprint density at radius 3 is 2.76 bits per heavy atom. The van der Waals surface area contributed by atoms with E-state index in [2.05, 4.69) is 18.3 Å². The number of carbonyl (C=O) groups excluding carboxylic acids is 1. The number of carbonyl (C=O) groups is 1. The first-order chi connectivity index (χ1) is 9.95. The van der Waals surface area contributed by atoms with E-state index in [1.54, 1.807) is 6.92 Å². The molecule has 1 aromatic carbocycles. The van der Waals surface area contributed by atoms with Gasteiger partial charge >= 0.3 is 0 Å². The van der Waals surface area contributed by atoms with Gasteiger partial charge in [0.05, 0.1) is 5.69 Å². The molecule has 4 heteroatoms. The summed E-state index contributed by atoms with van der Waals surface area (Å²) < 4.78 is 11.7. The van der Waals surface area contributed by atoms with Crippen molar-refractivity contribution in [3.8, 4) is 5.75 Å². The van der Waals surface area contributed by atoms with Crippen LogP contribution in [0.3, 0.4) is 0 Å². The molecule has 0 saturated carbocycles. The molecular formula is C17H19NO3. The zero-order valence-electron chi connectivity index (χ0n) is 12.7. The van der Waals surface area contributed by atoms with E-state index in [-0.39, 0.29) is 5.78 Å². The van der Waals surface area contributed by atoms with Crippen molar-refractivity contribution in [3.05, 3.63) is 46.9 Å². The van der Waals surface area contributed by atoms with Crippen molar-refractivity contribution in [1.29, 1.82) is 0 Å². The number of ether oxygens (including phenoxy) is 2. The summed E-state index contributed by atoms with van der Waals surface area (Å²) in [5, 5.41) is 3.36. The van der Waals surface area contributed by atoms with E-state index in [9.17, 15) is 4.79 Å². The number of nitrogens with one attached hydrogen (secondary N) is 1. The molecule has 3 rings (SSSR count). The van der Waals surface area contributed by atoms with Gasteiger partial charge in [-0.25, -0.2) is 0 Å². The van der Waals surface area contributed by atoms with E-state index < -0.39 is 5.72 Å². The van der Waals surface area contributed by atoms with Gasteiger partial charge < -0.3 is 14.8 Å². The van der Waals surface area contributed by atoms with Gasteiger partial charge in [0.25, 0.3) is 0 Å². The lowest BCUT2D eigenvalue weighted by molar-refractivity contribution is -0.115. The zero-order chi connectivity index (χ0) is 15.2. The number of benzene rings is 1. The fourth-order valence-electron chi connectivity index (χ4n) is 3.01. The third kappa shape index (κ3) is 2.11. The van der Waals surface area contributed by atoms with Crippen LogP contribution in [0.4, 0.5) is 5.69 Å². The van der Waals surface area contributed by atoms with E-state index in [1.807, 2.05) is 25.1 Å². The molecule has 1 atom stereocenters. The molecule has 4 nitrogen and oxygen atoms in total. The SMILES string of the molecule is CCc1ccc2c(c1)NC1(C=C(C)OC(C)=C1C(C)=O)O2. The summed E-state index contributed by atoms with van der Waals surface area (Å²) in [6, 6.07) is 6.05. The second-order valence-corrected chi connectivity index (χ2v) is 5.49. The Bertz CT molecular complexity index is 687. The number of anilines is 1. The van der Waals surface area contributed by atoms with Crippen molar-refractivity contribution in [1.82, 2.24) is 0 Å². The summed E-state index contributed by atoms with van der Waals surface area (Å²) in [6.07, 6.45) is 2.77. The first-order valence-electron chi connectivity index (χ1n) is 7.15. The average Bonchev–Trinajstić information content (AvgIpc) is 2.73. The first kappa shape index (κ1) is 13.7. The predicted molar refractivity (Wildman–Crippen MR) is 81.0 cm³/mol. The van der Waals surface area contributed by atoms with Crippen LogP contribution in [0.5, 0.6) is 5.75 Å². The number of rotatable bonds is 2. The molecule has 2 aliphatic rings. The molecule has 1 aromatic rings. The van der Waals surface area contributed by atoms with Crippen LogP contribution in [0.25, 0.3) is 0 Å². The van der Waals surface area contributed by atoms with Gasteiger partial charge in [0.2, 0.25) is 5.72 Å². The highest BCUT2D eigenvalue weighted by molar-refractivity contribution is 5.98. The standard InChI is InChI=1S/C17H19NO3/c1-5-13-6-7-15-14(8-13)18-17(21-15)9-10(2)20-12(4)16(17)11(3)19/h6-9,18H,5H2,1-4H3. The van der Waals surface area contributed by atoms with E-state index in [4.69, 9.17) is 9.47 Å². The minimum absolute atomic E-state index is 0.0627. The van der Waals surface area contributed by atoms with Crippen molar-refractivity contribution >= 4 is 11.5 Å². The van der Waals surface area contributed by atoms with Gasteiger partial charge in [-0.3, -0.25) is 4.79 Å². The second kappa shape index (κ2) is 4.65. The highest BCUT2D eigenvalue weighted by atomic mass is 16.5. The molecule has 2 aliphatic heterocycles. The molecule has 1 unspecified atom stereocenters. The number of allylic oxidation sites excluding steroid dienone is 2. The predicted octanol–water partition coefficient (Wildman–Crippen LogP) is 3.55. The number of ketones is 1. The Hall–Kier alpha value is -2.23. The lowest BCUT2D eigenvalue weighted by Gasteiger charge is -2.32. The minimum Gasteiger partial charge on any atom is -0.466 e. The molecule has 0 bridgehead atoms. The molecule has 110 valence electrons. The highest BCUT2D eigenvalue weighted by Gasteiger charge is 2.46. The molecule has 0 radical (unpaired) electrons. The fourth-order valence-corrected chi connectivity index (χ4v) is 3.01. The molecule has 21 heavy (non-hydrogen) atoms. The molecule has 0 aromatic heterocycles. The summed E-state index contributed by atoms with van der Waals surface area (Å²) in [5.74, 6) is 1.99. The smallest absolute Gasteiger partial charge is 0.237 e. The molecule has 0 amide bonds. The molecule has 0 fully saturated rings. The highest BCUT2D eigenvalue weighted by Crippen LogP contribution is 2.44. The third-order valence-corrected chi connectivity index (χ3v) is 3.84. The summed E-state index contributed by atoms with van der Waals surface area (Å²) in [4.78, 5) is 12.1. The van der Waals surface area contributed by atoms with Crippen LogP contribution < -0.4 is 10.1 Å². The Kier molecular flexibility index (Phi) is 3.04. The van der Waals surface area contributed by atoms with Crippen LogP contribution in [0.2, 0.25) is 0 Å². The quantitative estimate of drug-likeness (QED) is 0.902.